The van der Waals surface area contributed by atoms with Crippen molar-refractivity contribution in [1.82, 2.24) is 0 Å². The Morgan fingerprint density at radius 1 is 1.03 bits per heavy atom. The second kappa shape index (κ2) is 9.12. The number of hydrogen-bond acceptors (Lipinski definition) is 5. The van der Waals surface area contributed by atoms with E-state index in [4.69, 9.17) is 20.8 Å². The summed E-state index contributed by atoms with van der Waals surface area (Å²) < 4.78 is 11.2. The number of fused-ring (bicyclic) bond motifs is 1. The number of nitrogens with zero attached hydrogens (tertiary/aromatic N) is 1. The quantitative estimate of drug-likeness (QED) is 0.285. The van der Waals surface area contributed by atoms with Gasteiger partial charge in [-0.2, -0.15) is 0 Å². The van der Waals surface area contributed by atoms with Crippen LogP contribution in [0.15, 0.2) is 88.5 Å². The summed E-state index contributed by atoms with van der Waals surface area (Å²) in [7, 11) is 1.48. The SMILES string of the molecule is COc1cc(Cl)cc2cc(C(=O)C3=C(O)C(=O)N(c4ccccc4)C3c3ccc(C(C)(C)C)cc3)oc12. The lowest BCUT2D eigenvalue weighted by molar-refractivity contribution is -0.117. The number of aliphatic hydroxyl groups excluding tert-OH is 1. The number of rotatable bonds is 5. The molecule has 2 heterocycles. The molecular formula is C30H26ClNO5. The Morgan fingerprint density at radius 3 is 2.32 bits per heavy atom. The lowest BCUT2D eigenvalue weighted by atomic mass is 9.85. The first-order chi connectivity index (χ1) is 17.6. The summed E-state index contributed by atoms with van der Waals surface area (Å²) in [5.41, 5.74) is 2.58. The molecule has 188 valence electrons. The second-order valence-corrected chi connectivity index (χ2v) is 10.5. The topological polar surface area (TPSA) is 80.0 Å². The van der Waals surface area contributed by atoms with Gasteiger partial charge in [-0.25, -0.2) is 0 Å². The fraction of sp³-hybridized carbons (Fsp3) is 0.200. The highest BCUT2D eigenvalue weighted by molar-refractivity contribution is 6.31. The molecule has 5 rings (SSSR count). The van der Waals surface area contributed by atoms with Gasteiger partial charge in [0.25, 0.3) is 5.91 Å². The minimum absolute atomic E-state index is 0.0314. The summed E-state index contributed by atoms with van der Waals surface area (Å²) in [6.45, 7) is 6.33. The van der Waals surface area contributed by atoms with Gasteiger partial charge in [0.15, 0.2) is 22.9 Å². The maximum atomic E-state index is 13.9. The van der Waals surface area contributed by atoms with Crippen LogP contribution in [0.1, 0.15) is 48.5 Å². The van der Waals surface area contributed by atoms with Crippen LogP contribution in [0.3, 0.4) is 0 Å². The number of benzene rings is 3. The van der Waals surface area contributed by atoms with Crippen molar-refractivity contribution < 1.29 is 23.8 Å². The Balaban J connectivity index is 1.65. The Bertz CT molecular complexity index is 1540. The fourth-order valence-corrected chi connectivity index (χ4v) is 4.87. The van der Waals surface area contributed by atoms with E-state index in [1.54, 1.807) is 42.5 Å². The first-order valence-corrected chi connectivity index (χ1v) is 12.2. The molecule has 1 amide bonds. The van der Waals surface area contributed by atoms with Gasteiger partial charge in [0.1, 0.15) is 0 Å². The van der Waals surface area contributed by atoms with E-state index >= 15 is 0 Å². The second-order valence-electron chi connectivity index (χ2n) is 10.0. The standard InChI is InChI=1S/C30H26ClNO5/c1-30(2,3)19-12-10-17(11-13-19)25-24(27(34)29(35)32(25)21-8-6-5-7-9-21)26(33)22-15-18-14-20(31)16-23(36-4)28(18)37-22/h5-16,25,34H,1-4H3. The van der Waals surface area contributed by atoms with Crippen LogP contribution in [0.4, 0.5) is 5.69 Å². The zero-order valence-electron chi connectivity index (χ0n) is 20.9. The largest absolute Gasteiger partial charge is 0.503 e. The third-order valence-corrected chi connectivity index (χ3v) is 6.79. The number of Topliss-reactive ketones (excluding diaryl/α,β-unsaturated/α-hetero) is 1. The van der Waals surface area contributed by atoms with Crippen LogP contribution in [-0.2, 0) is 10.2 Å². The van der Waals surface area contributed by atoms with Gasteiger partial charge in [0.05, 0.1) is 18.7 Å². The lowest BCUT2D eigenvalue weighted by Gasteiger charge is -2.27. The molecule has 0 spiro atoms. The maximum absolute atomic E-state index is 13.9. The van der Waals surface area contributed by atoms with Crippen molar-refractivity contribution >= 4 is 39.9 Å². The minimum atomic E-state index is -0.852. The van der Waals surface area contributed by atoms with Crippen molar-refractivity contribution in [3.05, 3.63) is 106 Å². The molecule has 37 heavy (non-hydrogen) atoms. The predicted molar refractivity (Wildman–Crippen MR) is 144 cm³/mol. The predicted octanol–water partition coefficient (Wildman–Crippen LogP) is 7.18. The first kappa shape index (κ1) is 24.7. The van der Waals surface area contributed by atoms with Crippen LogP contribution < -0.4 is 9.64 Å². The molecule has 0 bridgehead atoms. The Labute approximate surface area is 219 Å². The van der Waals surface area contributed by atoms with Crippen LogP contribution >= 0.6 is 11.6 Å². The highest BCUT2D eigenvalue weighted by atomic mass is 35.5. The molecule has 1 atom stereocenters. The van der Waals surface area contributed by atoms with E-state index in [2.05, 4.69) is 20.8 Å². The average Bonchev–Trinajstić information content (AvgIpc) is 3.42. The molecular weight excluding hydrogens is 490 g/mol. The molecule has 1 aliphatic rings. The van der Waals surface area contributed by atoms with Gasteiger partial charge >= 0.3 is 0 Å². The Kier molecular flexibility index (Phi) is 6.08. The number of amides is 1. The molecule has 4 aromatic rings. The van der Waals surface area contributed by atoms with Crippen molar-refractivity contribution in [1.29, 1.82) is 0 Å². The highest BCUT2D eigenvalue weighted by Crippen LogP contribution is 2.43. The van der Waals surface area contributed by atoms with Gasteiger partial charge < -0.3 is 14.3 Å². The van der Waals surface area contributed by atoms with Crippen molar-refractivity contribution in [3.8, 4) is 5.75 Å². The maximum Gasteiger partial charge on any atom is 0.294 e. The fourth-order valence-electron chi connectivity index (χ4n) is 4.66. The number of halogens is 1. The average molecular weight is 516 g/mol. The van der Waals surface area contributed by atoms with E-state index in [1.165, 1.54) is 12.0 Å². The van der Waals surface area contributed by atoms with Crippen molar-refractivity contribution in [2.24, 2.45) is 0 Å². The summed E-state index contributed by atoms with van der Waals surface area (Å²) in [6.07, 6.45) is 0. The molecule has 0 radical (unpaired) electrons. The zero-order valence-corrected chi connectivity index (χ0v) is 21.7. The molecule has 0 aliphatic carbocycles. The van der Waals surface area contributed by atoms with Gasteiger partial charge in [-0.3, -0.25) is 14.5 Å². The highest BCUT2D eigenvalue weighted by Gasteiger charge is 2.45. The molecule has 1 N–H and O–H groups in total. The molecule has 6 nitrogen and oxygen atoms in total. The smallest absolute Gasteiger partial charge is 0.294 e. The molecule has 0 saturated heterocycles. The molecule has 0 fully saturated rings. The number of furan rings is 1. The number of methoxy groups -OCH3 is 1. The number of carbonyl (C=O) groups is 2. The monoisotopic (exact) mass is 515 g/mol. The summed E-state index contributed by atoms with van der Waals surface area (Å²) in [6, 6.07) is 20.7. The summed E-state index contributed by atoms with van der Waals surface area (Å²) >= 11 is 6.19. The van der Waals surface area contributed by atoms with E-state index in [1.807, 2.05) is 30.3 Å². The van der Waals surface area contributed by atoms with Gasteiger partial charge in [-0.05, 0) is 40.8 Å². The molecule has 3 aromatic carbocycles. The van der Waals surface area contributed by atoms with Crippen molar-refractivity contribution in [3.63, 3.8) is 0 Å². The summed E-state index contributed by atoms with van der Waals surface area (Å²) in [5.74, 6) is -1.51. The van der Waals surface area contributed by atoms with Crippen LogP contribution in [0.25, 0.3) is 11.0 Å². The number of ether oxygens (including phenoxy) is 1. The third-order valence-electron chi connectivity index (χ3n) is 6.57. The molecule has 1 unspecified atom stereocenters. The van der Waals surface area contributed by atoms with E-state index in [0.29, 0.717) is 33.0 Å². The lowest BCUT2D eigenvalue weighted by Crippen LogP contribution is -2.31. The van der Waals surface area contributed by atoms with Gasteiger partial charge in [-0.1, -0.05) is 74.8 Å². The number of anilines is 1. The molecule has 0 saturated carbocycles. The Hall–Kier alpha value is -4.03. The number of carbonyl (C=O) groups excluding carboxylic acids is 2. The summed E-state index contributed by atoms with van der Waals surface area (Å²) in [5, 5.41) is 12.0. The normalized spacial score (nSPS) is 16.1. The van der Waals surface area contributed by atoms with Gasteiger partial charge in [0, 0.05) is 22.2 Å². The van der Waals surface area contributed by atoms with E-state index in [0.717, 1.165) is 5.56 Å². The molecule has 1 aliphatic heterocycles. The number of aliphatic hydroxyl groups is 1. The Morgan fingerprint density at radius 2 is 1.70 bits per heavy atom. The van der Waals surface area contributed by atoms with Crippen LogP contribution in [0, 0.1) is 0 Å². The van der Waals surface area contributed by atoms with E-state index in [-0.39, 0.29) is 16.7 Å². The third kappa shape index (κ3) is 4.27. The summed E-state index contributed by atoms with van der Waals surface area (Å²) in [4.78, 5) is 28.7. The van der Waals surface area contributed by atoms with Crippen LogP contribution in [0.2, 0.25) is 5.02 Å². The number of ketones is 1. The number of hydrogen-bond donors (Lipinski definition) is 1. The van der Waals surface area contributed by atoms with Crippen molar-refractivity contribution in [2.45, 2.75) is 32.2 Å². The number of para-hydroxylation sites is 1. The van der Waals surface area contributed by atoms with E-state index < -0.39 is 23.5 Å². The molecule has 7 heteroatoms. The molecule has 1 aromatic heterocycles. The van der Waals surface area contributed by atoms with Gasteiger partial charge in [-0.15, -0.1) is 0 Å². The van der Waals surface area contributed by atoms with Gasteiger partial charge in [0.2, 0.25) is 5.78 Å². The van der Waals surface area contributed by atoms with Crippen molar-refractivity contribution in [2.75, 3.05) is 12.0 Å². The van der Waals surface area contributed by atoms with E-state index in [9.17, 15) is 14.7 Å². The minimum Gasteiger partial charge on any atom is -0.503 e. The zero-order chi connectivity index (χ0) is 26.5. The van der Waals surface area contributed by atoms with Crippen LogP contribution in [-0.4, -0.2) is 23.9 Å². The first-order valence-electron chi connectivity index (χ1n) is 11.8. The van der Waals surface area contributed by atoms with Crippen LogP contribution in [0.5, 0.6) is 5.75 Å².